The number of fused-ring (bicyclic) bond motifs is 1. The van der Waals surface area contributed by atoms with Gasteiger partial charge in [0.1, 0.15) is 17.4 Å². The number of anilines is 2. The molecular weight excluding hydrogens is 422 g/mol. The summed E-state index contributed by atoms with van der Waals surface area (Å²) in [5.41, 5.74) is 2.50. The van der Waals surface area contributed by atoms with Gasteiger partial charge < -0.3 is 24.9 Å². The molecule has 0 saturated carbocycles. The number of aromatic amines is 1. The van der Waals surface area contributed by atoms with Crippen LogP contribution in [0.15, 0.2) is 41.0 Å². The topological polar surface area (TPSA) is 119 Å². The second kappa shape index (κ2) is 10.8. The molecule has 3 aromatic rings. The van der Waals surface area contributed by atoms with Crippen LogP contribution in [-0.2, 0) is 9.59 Å². The van der Waals surface area contributed by atoms with Crippen molar-refractivity contribution in [2.75, 3.05) is 44.9 Å². The van der Waals surface area contributed by atoms with Crippen molar-refractivity contribution in [3.63, 3.8) is 0 Å². The molecule has 0 aliphatic carbocycles. The molecule has 1 atom stereocenters. The van der Waals surface area contributed by atoms with Gasteiger partial charge in [-0.1, -0.05) is 13.0 Å². The minimum absolute atomic E-state index is 0.234. The average molecular weight is 454 g/mol. The molecule has 0 unspecified atom stereocenters. The summed E-state index contributed by atoms with van der Waals surface area (Å²) >= 11 is 0. The summed E-state index contributed by atoms with van der Waals surface area (Å²) in [5.74, 6) is 0.649. The van der Waals surface area contributed by atoms with Gasteiger partial charge in [0.25, 0.3) is 0 Å². The average Bonchev–Trinajstić information content (AvgIpc) is 3.42. The largest absolute Gasteiger partial charge is 0.436 e. The molecule has 0 fully saturated rings. The number of nitrogens with one attached hydrogen (secondary N) is 3. The maximum Gasteiger partial charge on any atom is 0.246 e. The Bertz CT molecular complexity index is 1130. The van der Waals surface area contributed by atoms with Crippen LogP contribution >= 0.6 is 0 Å². The fraction of sp³-hybridized carbons (Fsp3) is 0.391. The van der Waals surface area contributed by atoms with Crippen molar-refractivity contribution >= 4 is 34.4 Å². The van der Waals surface area contributed by atoms with Gasteiger partial charge in [-0.3, -0.25) is 14.7 Å². The van der Waals surface area contributed by atoms with E-state index in [0.717, 1.165) is 24.3 Å². The van der Waals surface area contributed by atoms with Crippen LogP contribution < -0.4 is 10.6 Å². The molecule has 0 radical (unpaired) electrons. The third kappa shape index (κ3) is 5.98. The molecule has 10 heteroatoms. The van der Waals surface area contributed by atoms with Crippen LogP contribution in [0.1, 0.15) is 20.3 Å². The SMILES string of the molecule is CCCNc1[nH]ncc1-c1nc2ccc(NC(=O)[C@H](C)N(C)C(=O)/C=C/CN(C)C)cc2o1. The highest BCUT2D eigenvalue weighted by atomic mass is 16.3. The Hall–Kier alpha value is -3.66. The van der Waals surface area contributed by atoms with Crippen LogP contribution in [0.4, 0.5) is 11.5 Å². The monoisotopic (exact) mass is 453 g/mol. The van der Waals surface area contributed by atoms with Gasteiger partial charge in [-0.05, 0) is 39.6 Å². The maximum absolute atomic E-state index is 12.7. The van der Waals surface area contributed by atoms with Gasteiger partial charge in [-0.2, -0.15) is 5.10 Å². The van der Waals surface area contributed by atoms with Crippen molar-refractivity contribution in [1.82, 2.24) is 25.0 Å². The number of hydrogen-bond donors (Lipinski definition) is 3. The van der Waals surface area contributed by atoms with Crippen molar-refractivity contribution in [2.45, 2.75) is 26.3 Å². The molecule has 0 bridgehead atoms. The second-order valence-electron chi connectivity index (χ2n) is 8.07. The molecule has 10 nitrogen and oxygen atoms in total. The first-order chi connectivity index (χ1) is 15.8. The Balaban J connectivity index is 1.69. The summed E-state index contributed by atoms with van der Waals surface area (Å²) in [7, 11) is 5.44. The van der Waals surface area contributed by atoms with E-state index >= 15 is 0 Å². The molecule has 2 aromatic heterocycles. The highest BCUT2D eigenvalue weighted by Gasteiger charge is 2.21. The van der Waals surface area contributed by atoms with Gasteiger partial charge in [0.15, 0.2) is 5.58 Å². The molecule has 176 valence electrons. The van der Waals surface area contributed by atoms with Crippen LogP contribution in [0.5, 0.6) is 0 Å². The van der Waals surface area contributed by atoms with E-state index < -0.39 is 6.04 Å². The predicted molar refractivity (Wildman–Crippen MR) is 129 cm³/mol. The van der Waals surface area contributed by atoms with Gasteiger partial charge in [0, 0.05) is 38.0 Å². The molecule has 3 N–H and O–H groups in total. The van der Waals surface area contributed by atoms with Crippen molar-refractivity contribution in [3.8, 4) is 11.5 Å². The minimum atomic E-state index is -0.652. The van der Waals surface area contributed by atoms with E-state index in [0.29, 0.717) is 29.2 Å². The van der Waals surface area contributed by atoms with Crippen LogP contribution in [0.25, 0.3) is 22.6 Å². The minimum Gasteiger partial charge on any atom is -0.436 e. The molecule has 0 saturated heterocycles. The number of rotatable bonds is 10. The fourth-order valence-corrected chi connectivity index (χ4v) is 3.05. The van der Waals surface area contributed by atoms with Gasteiger partial charge in [-0.15, -0.1) is 0 Å². The summed E-state index contributed by atoms with van der Waals surface area (Å²) in [6, 6.07) is 4.60. The van der Waals surface area contributed by atoms with Crippen molar-refractivity contribution in [3.05, 3.63) is 36.5 Å². The van der Waals surface area contributed by atoms with E-state index in [1.54, 1.807) is 44.4 Å². The molecular formula is C23H31N7O3. The lowest BCUT2D eigenvalue weighted by molar-refractivity contribution is -0.132. The first-order valence-corrected chi connectivity index (χ1v) is 10.9. The lowest BCUT2D eigenvalue weighted by Gasteiger charge is -2.23. The molecule has 1 aromatic carbocycles. The van der Waals surface area contributed by atoms with Crippen molar-refractivity contribution in [1.29, 1.82) is 0 Å². The van der Waals surface area contributed by atoms with Gasteiger partial charge >= 0.3 is 0 Å². The zero-order valence-electron chi connectivity index (χ0n) is 19.7. The van der Waals surface area contributed by atoms with Crippen LogP contribution in [0.2, 0.25) is 0 Å². The number of hydrogen-bond acceptors (Lipinski definition) is 7. The van der Waals surface area contributed by atoms with Gasteiger partial charge in [-0.25, -0.2) is 4.98 Å². The lowest BCUT2D eigenvalue weighted by Crippen LogP contribution is -2.42. The smallest absolute Gasteiger partial charge is 0.246 e. The molecule has 3 rings (SSSR count). The number of amides is 2. The molecule has 0 spiro atoms. The third-order valence-corrected chi connectivity index (χ3v) is 5.12. The van der Waals surface area contributed by atoms with Crippen molar-refractivity contribution in [2.24, 2.45) is 0 Å². The van der Waals surface area contributed by atoms with E-state index in [4.69, 9.17) is 4.42 Å². The molecule has 0 aliphatic rings. The number of carbonyl (C=O) groups excluding carboxylic acids is 2. The standard InChI is InChI=1S/C23H31N7O3/c1-6-11-24-21-17(14-25-28-21)23-27-18-10-9-16(13-19(18)33-23)26-22(32)15(2)30(5)20(31)8-7-12-29(3)4/h7-10,13-15H,6,11-12H2,1-5H3,(H,26,32)(H2,24,25,28)/b8-7+/t15-/m0/s1. The summed E-state index contributed by atoms with van der Waals surface area (Å²) in [5, 5.41) is 13.1. The Kier molecular flexibility index (Phi) is 7.83. The quantitative estimate of drug-likeness (QED) is 0.404. The number of likely N-dealkylation sites (N-methyl/N-ethyl adjacent to an activating group) is 2. The summed E-state index contributed by atoms with van der Waals surface area (Å²) in [6.07, 6.45) is 5.88. The second-order valence-corrected chi connectivity index (χ2v) is 8.07. The summed E-state index contributed by atoms with van der Waals surface area (Å²) in [4.78, 5) is 32.9. The Morgan fingerprint density at radius 1 is 1.27 bits per heavy atom. The maximum atomic E-state index is 12.7. The molecule has 2 amide bonds. The van der Waals surface area contributed by atoms with E-state index in [-0.39, 0.29) is 11.8 Å². The molecule has 2 heterocycles. The predicted octanol–water partition coefficient (Wildman–Crippen LogP) is 2.94. The number of benzene rings is 1. The Morgan fingerprint density at radius 3 is 2.79 bits per heavy atom. The van der Waals surface area contributed by atoms with Gasteiger partial charge in [0.2, 0.25) is 17.7 Å². The number of H-pyrrole nitrogens is 1. The van der Waals surface area contributed by atoms with E-state index in [2.05, 4.69) is 32.7 Å². The Morgan fingerprint density at radius 2 is 2.06 bits per heavy atom. The normalized spacial score (nSPS) is 12.4. The number of nitrogens with zero attached hydrogens (tertiary/aromatic N) is 4. The highest BCUT2D eigenvalue weighted by Crippen LogP contribution is 2.30. The van der Waals surface area contributed by atoms with Gasteiger partial charge in [0.05, 0.1) is 11.8 Å². The first-order valence-electron chi connectivity index (χ1n) is 10.9. The molecule has 33 heavy (non-hydrogen) atoms. The fourth-order valence-electron chi connectivity index (χ4n) is 3.05. The summed E-state index contributed by atoms with van der Waals surface area (Å²) < 4.78 is 5.92. The van der Waals surface area contributed by atoms with Crippen LogP contribution in [-0.4, -0.2) is 77.1 Å². The highest BCUT2D eigenvalue weighted by molar-refractivity contribution is 5.99. The number of oxazole rings is 1. The van der Waals surface area contributed by atoms with E-state index in [1.165, 1.54) is 11.0 Å². The third-order valence-electron chi connectivity index (χ3n) is 5.12. The lowest BCUT2D eigenvalue weighted by atomic mass is 10.2. The van der Waals surface area contributed by atoms with Crippen molar-refractivity contribution < 1.29 is 14.0 Å². The number of carbonyl (C=O) groups is 2. The van der Waals surface area contributed by atoms with Crippen LogP contribution in [0, 0.1) is 0 Å². The zero-order chi connectivity index (χ0) is 24.0. The van der Waals surface area contributed by atoms with E-state index in [1.807, 2.05) is 19.0 Å². The number of aromatic nitrogens is 3. The zero-order valence-corrected chi connectivity index (χ0v) is 19.7. The Labute approximate surface area is 193 Å². The summed E-state index contributed by atoms with van der Waals surface area (Å²) in [6.45, 7) is 5.21. The van der Waals surface area contributed by atoms with Crippen LogP contribution in [0.3, 0.4) is 0 Å². The van der Waals surface area contributed by atoms with E-state index in [9.17, 15) is 9.59 Å². The molecule has 0 aliphatic heterocycles. The first kappa shape index (κ1) is 24.0.